The zero-order valence-corrected chi connectivity index (χ0v) is 19.3. The second kappa shape index (κ2) is 8.41. The smallest absolute Gasteiger partial charge is 0.225 e. The number of nitrogens with one attached hydrogen (secondary N) is 2. The number of anilines is 2. The molecule has 6 N–H and O–H groups in total. The van der Waals surface area contributed by atoms with E-state index in [1.54, 1.807) is 6.20 Å². The number of aryl methyl sites for hydroxylation is 2. The zero-order valence-electron chi connectivity index (χ0n) is 18.5. The number of aromatic nitrogens is 4. The van der Waals surface area contributed by atoms with Gasteiger partial charge in [0.25, 0.3) is 0 Å². The SMILES string of the molecule is Cc1nc(NCC2(O)CC2)nc(N[C@@H]2C[C@H](CO)[C@@H](O)[C@H]2O)c1-c1nc2c(C)nccc2s1. The van der Waals surface area contributed by atoms with Gasteiger partial charge < -0.3 is 31.1 Å². The summed E-state index contributed by atoms with van der Waals surface area (Å²) in [6.07, 6.45) is 1.58. The van der Waals surface area contributed by atoms with Crippen LogP contribution >= 0.6 is 11.3 Å². The predicted molar refractivity (Wildman–Crippen MR) is 125 cm³/mol. The van der Waals surface area contributed by atoms with Crippen molar-refractivity contribution in [3.05, 3.63) is 23.7 Å². The molecule has 2 aliphatic rings. The third-order valence-electron chi connectivity index (χ3n) is 6.56. The molecule has 0 amide bonds. The first-order valence-corrected chi connectivity index (χ1v) is 11.9. The largest absolute Gasteiger partial charge is 0.396 e. The van der Waals surface area contributed by atoms with Crippen LogP contribution in [-0.2, 0) is 0 Å². The maximum absolute atomic E-state index is 10.6. The van der Waals surface area contributed by atoms with Crippen LogP contribution in [0.1, 0.15) is 30.7 Å². The Balaban J connectivity index is 1.54. The van der Waals surface area contributed by atoms with Crippen LogP contribution in [0.2, 0.25) is 0 Å². The lowest BCUT2D eigenvalue weighted by Crippen LogP contribution is -2.36. The van der Waals surface area contributed by atoms with Gasteiger partial charge in [-0.15, -0.1) is 11.3 Å². The molecule has 2 saturated carbocycles. The van der Waals surface area contributed by atoms with Crippen LogP contribution in [0.25, 0.3) is 20.8 Å². The minimum atomic E-state index is -1.05. The summed E-state index contributed by atoms with van der Waals surface area (Å²) in [6, 6.07) is 1.42. The quantitative estimate of drug-likeness (QED) is 0.295. The summed E-state index contributed by atoms with van der Waals surface area (Å²) in [5.74, 6) is 0.429. The van der Waals surface area contributed by atoms with Crippen LogP contribution in [0.3, 0.4) is 0 Å². The molecule has 0 radical (unpaired) electrons. The fourth-order valence-corrected chi connectivity index (χ4v) is 5.40. The molecule has 176 valence electrons. The number of fused-ring (bicyclic) bond motifs is 1. The van der Waals surface area contributed by atoms with E-state index in [0.29, 0.717) is 36.0 Å². The highest BCUT2D eigenvalue weighted by Gasteiger charge is 2.42. The number of hydrogen-bond acceptors (Lipinski definition) is 11. The Morgan fingerprint density at radius 2 is 1.91 bits per heavy atom. The lowest BCUT2D eigenvalue weighted by Gasteiger charge is -2.21. The first-order chi connectivity index (χ1) is 15.8. The minimum absolute atomic E-state index is 0.207. The number of rotatable bonds is 7. The van der Waals surface area contributed by atoms with Crippen LogP contribution in [0.4, 0.5) is 11.8 Å². The Bertz CT molecular complexity index is 1180. The number of nitrogens with zero attached hydrogens (tertiary/aromatic N) is 4. The van der Waals surface area contributed by atoms with Crippen molar-refractivity contribution in [2.75, 3.05) is 23.8 Å². The van der Waals surface area contributed by atoms with Crippen LogP contribution in [-0.4, -0.2) is 77.4 Å². The van der Waals surface area contributed by atoms with Gasteiger partial charge in [-0.2, -0.15) is 4.98 Å². The van der Waals surface area contributed by atoms with Gasteiger partial charge in [0.15, 0.2) is 0 Å². The van der Waals surface area contributed by atoms with Crippen molar-refractivity contribution in [1.82, 2.24) is 19.9 Å². The van der Waals surface area contributed by atoms with Gasteiger partial charge in [0, 0.05) is 25.3 Å². The maximum atomic E-state index is 10.6. The summed E-state index contributed by atoms with van der Waals surface area (Å²) in [5, 5.41) is 47.7. The van der Waals surface area contributed by atoms with E-state index >= 15 is 0 Å². The molecule has 5 rings (SSSR count). The van der Waals surface area contributed by atoms with Crippen LogP contribution in [0.5, 0.6) is 0 Å². The second-order valence-corrected chi connectivity index (χ2v) is 10.1. The molecule has 4 atom stereocenters. The fourth-order valence-electron chi connectivity index (χ4n) is 4.29. The Morgan fingerprint density at radius 1 is 1.12 bits per heavy atom. The van der Waals surface area contributed by atoms with Gasteiger partial charge >= 0.3 is 0 Å². The molecule has 0 aromatic carbocycles. The van der Waals surface area contributed by atoms with Gasteiger partial charge in [0.05, 0.1) is 39.4 Å². The number of aliphatic hydroxyl groups is 4. The van der Waals surface area contributed by atoms with Gasteiger partial charge in [-0.25, -0.2) is 9.97 Å². The third-order valence-corrected chi connectivity index (χ3v) is 7.59. The lowest BCUT2D eigenvalue weighted by molar-refractivity contribution is 0.00446. The molecule has 2 fully saturated rings. The Labute approximate surface area is 194 Å². The number of aliphatic hydroxyl groups excluding tert-OH is 3. The number of pyridine rings is 1. The fraction of sp³-hybridized carbons (Fsp3) is 0.545. The van der Waals surface area contributed by atoms with E-state index in [1.165, 1.54) is 11.3 Å². The molecule has 33 heavy (non-hydrogen) atoms. The second-order valence-electron chi connectivity index (χ2n) is 9.11. The number of thiazole rings is 1. The highest BCUT2D eigenvalue weighted by molar-refractivity contribution is 7.21. The molecule has 3 heterocycles. The van der Waals surface area contributed by atoms with Crippen molar-refractivity contribution >= 4 is 33.3 Å². The van der Waals surface area contributed by atoms with E-state index in [9.17, 15) is 20.4 Å². The van der Waals surface area contributed by atoms with Gasteiger partial charge in [0.2, 0.25) is 5.95 Å². The molecule has 0 saturated heterocycles. The average molecular weight is 473 g/mol. The van der Waals surface area contributed by atoms with Crippen molar-refractivity contribution in [1.29, 1.82) is 0 Å². The third kappa shape index (κ3) is 4.26. The Morgan fingerprint density at radius 3 is 2.58 bits per heavy atom. The van der Waals surface area contributed by atoms with Crippen molar-refractivity contribution in [2.24, 2.45) is 5.92 Å². The van der Waals surface area contributed by atoms with E-state index in [2.05, 4.69) is 25.6 Å². The molecule has 3 aromatic heterocycles. The monoisotopic (exact) mass is 472 g/mol. The van der Waals surface area contributed by atoms with Crippen molar-refractivity contribution in [2.45, 2.75) is 57.0 Å². The lowest BCUT2D eigenvalue weighted by atomic mass is 10.1. The summed E-state index contributed by atoms with van der Waals surface area (Å²) < 4.78 is 0.998. The highest BCUT2D eigenvalue weighted by atomic mass is 32.1. The van der Waals surface area contributed by atoms with Gasteiger partial charge in [-0.1, -0.05) is 0 Å². The first-order valence-electron chi connectivity index (χ1n) is 11.1. The molecule has 0 aliphatic heterocycles. The molecular formula is C22H28N6O4S. The van der Waals surface area contributed by atoms with E-state index in [-0.39, 0.29) is 6.61 Å². The van der Waals surface area contributed by atoms with Crippen LogP contribution < -0.4 is 10.6 Å². The summed E-state index contributed by atoms with van der Waals surface area (Å²) in [5.41, 5.74) is 2.34. The Hall–Kier alpha value is -2.44. The molecule has 0 spiro atoms. The first kappa shape index (κ1) is 22.4. The molecular weight excluding hydrogens is 444 g/mol. The average Bonchev–Trinajstić information content (AvgIpc) is 3.26. The predicted octanol–water partition coefficient (Wildman–Crippen LogP) is 1.22. The van der Waals surface area contributed by atoms with Crippen molar-refractivity contribution in [3.63, 3.8) is 0 Å². The van der Waals surface area contributed by atoms with Crippen LogP contribution in [0.15, 0.2) is 12.3 Å². The van der Waals surface area contributed by atoms with Crippen molar-refractivity contribution < 1.29 is 20.4 Å². The molecule has 0 bridgehead atoms. The summed E-state index contributed by atoms with van der Waals surface area (Å²) >= 11 is 1.51. The van der Waals surface area contributed by atoms with E-state index < -0.39 is 29.8 Å². The van der Waals surface area contributed by atoms with Crippen LogP contribution in [0, 0.1) is 19.8 Å². The summed E-state index contributed by atoms with van der Waals surface area (Å²) in [4.78, 5) is 18.4. The Kier molecular flexibility index (Phi) is 5.69. The molecule has 10 nitrogen and oxygen atoms in total. The van der Waals surface area contributed by atoms with E-state index in [0.717, 1.165) is 33.8 Å². The van der Waals surface area contributed by atoms with E-state index in [4.69, 9.17) is 4.98 Å². The maximum Gasteiger partial charge on any atom is 0.225 e. The molecule has 0 unspecified atom stereocenters. The zero-order chi connectivity index (χ0) is 23.3. The van der Waals surface area contributed by atoms with Gasteiger partial charge in [0.1, 0.15) is 22.4 Å². The topological polar surface area (TPSA) is 157 Å². The minimum Gasteiger partial charge on any atom is -0.396 e. The van der Waals surface area contributed by atoms with Gasteiger partial charge in [-0.3, -0.25) is 4.98 Å². The number of hydrogen-bond donors (Lipinski definition) is 6. The summed E-state index contributed by atoms with van der Waals surface area (Å²) in [7, 11) is 0. The standard InChI is InChI=1S/C22H28N6O4S/c1-10-15(20-27-16-11(2)23-6-3-14(16)33-20)19(26-13-7-12(8-29)17(30)18(13)31)28-21(25-10)24-9-22(32)4-5-22/h3,6,12-13,17-18,29-32H,4-5,7-9H2,1-2H3,(H2,24,25,26,28)/t12-,13-,17-,18+/m1/s1. The molecule has 2 aliphatic carbocycles. The van der Waals surface area contributed by atoms with Crippen molar-refractivity contribution in [3.8, 4) is 10.6 Å². The molecule has 3 aromatic rings. The molecule has 11 heteroatoms. The summed E-state index contributed by atoms with van der Waals surface area (Å²) in [6.45, 7) is 3.93. The normalized spacial score (nSPS) is 26.0. The van der Waals surface area contributed by atoms with E-state index in [1.807, 2.05) is 19.9 Å². The van der Waals surface area contributed by atoms with Gasteiger partial charge in [-0.05, 0) is 39.2 Å². The highest BCUT2D eigenvalue weighted by Crippen LogP contribution is 2.39.